The number of alkyl carbamates (subject to hydrolysis) is 1. The van der Waals surface area contributed by atoms with Crippen molar-refractivity contribution in [1.29, 1.82) is 0 Å². The van der Waals surface area contributed by atoms with Crippen LogP contribution >= 0.6 is 0 Å². The van der Waals surface area contributed by atoms with Gasteiger partial charge in [0.15, 0.2) is 0 Å². The number of hydrogen-bond donors (Lipinski definition) is 2. The third-order valence-electron chi connectivity index (χ3n) is 3.61. The van der Waals surface area contributed by atoms with E-state index in [1.807, 2.05) is 0 Å². The summed E-state index contributed by atoms with van der Waals surface area (Å²) in [7, 11) is 0. The first kappa shape index (κ1) is 21.6. The number of benzene rings is 2. The molecule has 2 aromatic rings. The Bertz CT molecular complexity index is 781. The Morgan fingerprint density at radius 1 is 1.00 bits per heavy atom. The van der Waals surface area contributed by atoms with Crippen LogP contribution in [0.1, 0.15) is 32.4 Å². The lowest BCUT2D eigenvalue weighted by Gasteiger charge is -2.23. The van der Waals surface area contributed by atoms with Crippen LogP contribution in [0.5, 0.6) is 5.75 Å². The van der Waals surface area contributed by atoms with Crippen LogP contribution in [-0.2, 0) is 4.74 Å². The summed E-state index contributed by atoms with van der Waals surface area (Å²) in [5.74, 6) is -0.297. The van der Waals surface area contributed by atoms with Gasteiger partial charge in [0.05, 0.1) is 12.6 Å². The van der Waals surface area contributed by atoms with Gasteiger partial charge in [0, 0.05) is 0 Å². The van der Waals surface area contributed by atoms with Crippen molar-refractivity contribution in [3.05, 3.63) is 54.1 Å². The lowest BCUT2D eigenvalue weighted by molar-refractivity contribution is -0.274. The summed E-state index contributed by atoms with van der Waals surface area (Å²) in [6.45, 7) is 4.89. The molecule has 0 saturated carbocycles. The van der Waals surface area contributed by atoms with E-state index < -0.39 is 24.1 Å². The molecule has 0 aliphatic heterocycles. The molecular weight excluding hydrogens is 375 g/mol. The van der Waals surface area contributed by atoms with Gasteiger partial charge < -0.3 is 19.9 Å². The monoisotopic (exact) mass is 397 g/mol. The van der Waals surface area contributed by atoms with Crippen molar-refractivity contribution in [2.45, 2.75) is 38.8 Å². The average molecular weight is 397 g/mol. The number of alkyl halides is 3. The fraction of sp³-hybridized carbons (Fsp3) is 0.350. The van der Waals surface area contributed by atoms with Gasteiger partial charge in [0.2, 0.25) is 0 Å². The molecule has 0 bridgehead atoms. The summed E-state index contributed by atoms with van der Waals surface area (Å²) in [4.78, 5) is 11.9. The molecule has 0 heterocycles. The smallest absolute Gasteiger partial charge is 0.444 e. The SMILES string of the molecule is CC(C)(C)OC(=O)N[C@@H](CO)c1ccc(-c2ccc(OC(F)(F)F)cc2)cc1. The Hall–Kier alpha value is -2.74. The van der Waals surface area contributed by atoms with Crippen molar-refractivity contribution in [3.8, 4) is 16.9 Å². The molecule has 2 aromatic carbocycles. The van der Waals surface area contributed by atoms with Gasteiger partial charge in [0.1, 0.15) is 11.4 Å². The molecule has 0 aromatic heterocycles. The molecule has 2 N–H and O–H groups in total. The molecule has 8 heteroatoms. The lowest BCUT2D eigenvalue weighted by Crippen LogP contribution is -2.36. The summed E-state index contributed by atoms with van der Waals surface area (Å²) in [5, 5.41) is 12.2. The Morgan fingerprint density at radius 2 is 1.50 bits per heavy atom. The molecule has 0 fully saturated rings. The summed E-state index contributed by atoms with van der Waals surface area (Å²) >= 11 is 0. The van der Waals surface area contributed by atoms with E-state index in [1.54, 1.807) is 45.0 Å². The minimum Gasteiger partial charge on any atom is -0.444 e. The maximum absolute atomic E-state index is 12.2. The maximum atomic E-state index is 12.2. The van der Waals surface area contributed by atoms with Crippen molar-refractivity contribution in [2.75, 3.05) is 6.61 Å². The summed E-state index contributed by atoms with van der Waals surface area (Å²) in [6.07, 6.45) is -5.38. The molecule has 28 heavy (non-hydrogen) atoms. The molecule has 0 aliphatic rings. The topological polar surface area (TPSA) is 67.8 Å². The molecule has 5 nitrogen and oxygen atoms in total. The van der Waals surface area contributed by atoms with Crippen molar-refractivity contribution >= 4 is 6.09 Å². The number of carbonyl (C=O) groups is 1. The first-order valence-corrected chi connectivity index (χ1v) is 8.53. The number of aliphatic hydroxyl groups excluding tert-OH is 1. The van der Waals surface area contributed by atoms with Crippen LogP contribution in [0.4, 0.5) is 18.0 Å². The minimum absolute atomic E-state index is 0.297. The second kappa shape index (κ2) is 8.52. The van der Waals surface area contributed by atoms with E-state index in [0.29, 0.717) is 11.1 Å². The van der Waals surface area contributed by atoms with Crippen LogP contribution in [0.3, 0.4) is 0 Å². The third kappa shape index (κ3) is 6.77. The first-order valence-electron chi connectivity index (χ1n) is 8.53. The van der Waals surface area contributed by atoms with E-state index in [2.05, 4.69) is 10.1 Å². The Kier molecular flexibility index (Phi) is 6.56. The Morgan fingerprint density at radius 3 is 1.93 bits per heavy atom. The number of amides is 1. The maximum Gasteiger partial charge on any atom is 0.573 e. The molecule has 152 valence electrons. The molecule has 2 rings (SSSR count). The van der Waals surface area contributed by atoms with Gasteiger partial charge in [-0.25, -0.2) is 4.79 Å². The highest BCUT2D eigenvalue weighted by Gasteiger charge is 2.31. The second-order valence-corrected chi connectivity index (χ2v) is 7.08. The van der Waals surface area contributed by atoms with Crippen LogP contribution in [0.25, 0.3) is 11.1 Å². The number of rotatable bonds is 5. The summed E-state index contributed by atoms with van der Waals surface area (Å²) in [6, 6.07) is 11.8. The highest BCUT2D eigenvalue weighted by Crippen LogP contribution is 2.27. The normalized spacial score (nSPS) is 13.0. The zero-order valence-electron chi connectivity index (χ0n) is 15.7. The third-order valence-corrected chi connectivity index (χ3v) is 3.61. The quantitative estimate of drug-likeness (QED) is 0.760. The van der Waals surface area contributed by atoms with Gasteiger partial charge in [-0.1, -0.05) is 36.4 Å². The number of ether oxygens (including phenoxy) is 2. The van der Waals surface area contributed by atoms with Gasteiger partial charge in [-0.15, -0.1) is 13.2 Å². The number of halogens is 3. The van der Waals surface area contributed by atoms with Crippen molar-refractivity contribution < 1.29 is 32.5 Å². The molecule has 1 amide bonds. The highest BCUT2D eigenvalue weighted by atomic mass is 19.4. The zero-order chi connectivity index (χ0) is 20.9. The van der Waals surface area contributed by atoms with Gasteiger partial charge in [-0.2, -0.15) is 0 Å². The molecular formula is C20H22F3NO4. The number of nitrogens with one attached hydrogen (secondary N) is 1. The van der Waals surface area contributed by atoms with E-state index >= 15 is 0 Å². The van der Waals surface area contributed by atoms with E-state index in [1.165, 1.54) is 24.3 Å². The van der Waals surface area contributed by atoms with E-state index in [0.717, 1.165) is 5.56 Å². The number of hydrogen-bond acceptors (Lipinski definition) is 4. The minimum atomic E-state index is -4.73. The standard InChI is InChI=1S/C20H22F3NO4/c1-19(2,3)28-18(26)24-17(12-25)15-6-4-13(5-7-15)14-8-10-16(11-9-14)27-20(21,22)23/h4-11,17,25H,12H2,1-3H3,(H,24,26)/t17-/m0/s1. The van der Waals surface area contributed by atoms with Gasteiger partial charge in [0.25, 0.3) is 0 Å². The molecule has 1 atom stereocenters. The molecule has 0 unspecified atom stereocenters. The second-order valence-electron chi connectivity index (χ2n) is 7.08. The average Bonchev–Trinajstić information content (AvgIpc) is 2.58. The highest BCUT2D eigenvalue weighted by molar-refractivity contribution is 5.69. The predicted molar refractivity (Wildman–Crippen MR) is 97.8 cm³/mol. The summed E-state index contributed by atoms with van der Waals surface area (Å²) < 4.78 is 45.7. The van der Waals surface area contributed by atoms with Crippen LogP contribution in [-0.4, -0.2) is 29.8 Å². The number of carbonyl (C=O) groups excluding carboxylic acids is 1. The van der Waals surface area contributed by atoms with Crippen molar-refractivity contribution in [3.63, 3.8) is 0 Å². The fourth-order valence-corrected chi connectivity index (χ4v) is 2.44. The predicted octanol–water partition coefficient (Wildman–Crippen LogP) is 4.81. The zero-order valence-corrected chi connectivity index (χ0v) is 15.7. The van der Waals surface area contributed by atoms with Crippen LogP contribution in [0.2, 0.25) is 0 Å². The van der Waals surface area contributed by atoms with Crippen LogP contribution in [0, 0.1) is 0 Å². The van der Waals surface area contributed by atoms with Gasteiger partial charge in [-0.05, 0) is 49.6 Å². The molecule has 0 aliphatic carbocycles. The Labute approximate surface area is 161 Å². The number of aliphatic hydroxyl groups is 1. The first-order chi connectivity index (χ1) is 13.0. The molecule has 0 radical (unpaired) electrons. The van der Waals surface area contributed by atoms with Gasteiger partial charge in [-0.3, -0.25) is 0 Å². The molecule has 0 spiro atoms. The van der Waals surface area contributed by atoms with Crippen LogP contribution in [0.15, 0.2) is 48.5 Å². The lowest BCUT2D eigenvalue weighted by atomic mass is 10.0. The largest absolute Gasteiger partial charge is 0.573 e. The van der Waals surface area contributed by atoms with E-state index in [9.17, 15) is 23.1 Å². The summed E-state index contributed by atoms with van der Waals surface area (Å²) in [5.41, 5.74) is 1.46. The van der Waals surface area contributed by atoms with E-state index in [-0.39, 0.29) is 12.4 Å². The van der Waals surface area contributed by atoms with Crippen LogP contribution < -0.4 is 10.1 Å². The Balaban J connectivity index is 2.08. The van der Waals surface area contributed by atoms with Gasteiger partial charge >= 0.3 is 12.5 Å². The molecule has 0 saturated heterocycles. The fourth-order valence-electron chi connectivity index (χ4n) is 2.44. The van der Waals surface area contributed by atoms with Crippen molar-refractivity contribution in [2.24, 2.45) is 0 Å². The van der Waals surface area contributed by atoms with Crippen molar-refractivity contribution in [1.82, 2.24) is 5.32 Å². The van der Waals surface area contributed by atoms with E-state index in [4.69, 9.17) is 4.74 Å².